The van der Waals surface area contributed by atoms with Crippen molar-refractivity contribution in [3.8, 4) is 22.4 Å². The van der Waals surface area contributed by atoms with Gasteiger partial charge in [0, 0.05) is 11.1 Å². The lowest BCUT2D eigenvalue weighted by molar-refractivity contribution is 0.230. The van der Waals surface area contributed by atoms with E-state index in [4.69, 9.17) is 9.66 Å². The number of nitrogens with two attached hydrogens (primary N) is 1. The average molecular weight is 380 g/mol. The summed E-state index contributed by atoms with van der Waals surface area (Å²) in [5.74, 6) is -2.34. The van der Waals surface area contributed by atoms with Crippen LogP contribution in [-0.4, -0.2) is 18.7 Å². The van der Waals surface area contributed by atoms with Crippen LogP contribution in [0.3, 0.4) is 0 Å². The first kappa shape index (κ1) is 18.2. The fourth-order valence-electron chi connectivity index (χ4n) is 2.64. The molecule has 9 heteroatoms. The molecule has 1 aromatic heterocycles. The summed E-state index contributed by atoms with van der Waals surface area (Å²) in [4.78, 5) is -0.960. The summed E-state index contributed by atoms with van der Waals surface area (Å²) in [7, 11) is -4.43. The van der Waals surface area contributed by atoms with Gasteiger partial charge in [-0.2, -0.15) is 0 Å². The molecule has 0 radical (unpaired) electrons. The van der Waals surface area contributed by atoms with E-state index in [1.807, 2.05) is 13.0 Å². The fourth-order valence-corrected chi connectivity index (χ4v) is 3.24. The van der Waals surface area contributed by atoms with Crippen LogP contribution in [0, 0.1) is 18.6 Å². The Bertz CT molecular complexity index is 1090. The topological polar surface area (TPSA) is 106 Å². The molecule has 0 saturated carbocycles. The highest BCUT2D eigenvalue weighted by molar-refractivity contribution is 7.89. The van der Waals surface area contributed by atoms with E-state index in [-0.39, 0.29) is 22.6 Å². The SMILES string of the molecule is Cc1cccc(-c2noc(CO)c2-c2cc(F)c(S(N)(=O)=O)cc2F)c1. The second-order valence-electron chi connectivity index (χ2n) is 5.66. The zero-order valence-electron chi connectivity index (χ0n) is 13.5. The quantitative estimate of drug-likeness (QED) is 0.724. The highest BCUT2D eigenvalue weighted by Crippen LogP contribution is 2.37. The van der Waals surface area contributed by atoms with Gasteiger partial charge in [-0.1, -0.05) is 28.9 Å². The summed E-state index contributed by atoms with van der Waals surface area (Å²) in [5.41, 5.74) is 1.41. The smallest absolute Gasteiger partial charge is 0.241 e. The maximum atomic E-state index is 14.6. The fraction of sp³-hybridized carbons (Fsp3) is 0.118. The Labute approximate surface area is 147 Å². The first-order valence-electron chi connectivity index (χ1n) is 7.41. The van der Waals surface area contributed by atoms with Crippen LogP contribution in [0.1, 0.15) is 11.3 Å². The molecule has 0 bridgehead atoms. The van der Waals surface area contributed by atoms with Crippen LogP contribution in [-0.2, 0) is 16.6 Å². The van der Waals surface area contributed by atoms with Gasteiger partial charge in [0.25, 0.3) is 0 Å². The normalized spacial score (nSPS) is 11.7. The lowest BCUT2D eigenvalue weighted by atomic mass is 9.98. The van der Waals surface area contributed by atoms with Crippen LogP contribution in [0.25, 0.3) is 22.4 Å². The van der Waals surface area contributed by atoms with E-state index < -0.39 is 33.2 Å². The van der Waals surface area contributed by atoms with Crippen LogP contribution >= 0.6 is 0 Å². The number of rotatable bonds is 4. The highest BCUT2D eigenvalue weighted by Gasteiger charge is 2.25. The molecule has 0 amide bonds. The molecule has 6 nitrogen and oxygen atoms in total. The van der Waals surface area contributed by atoms with Gasteiger partial charge in [-0.05, 0) is 25.1 Å². The van der Waals surface area contributed by atoms with E-state index >= 15 is 0 Å². The van der Waals surface area contributed by atoms with Gasteiger partial charge in [0.1, 0.15) is 28.8 Å². The van der Waals surface area contributed by atoms with Gasteiger partial charge in [-0.25, -0.2) is 22.3 Å². The second kappa shape index (κ2) is 6.60. The van der Waals surface area contributed by atoms with Gasteiger partial charge < -0.3 is 9.63 Å². The summed E-state index contributed by atoms with van der Waals surface area (Å²) in [6.07, 6.45) is 0. The first-order valence-corrected chi connectivity index (χ1v) is 8.95. The van der Waals surface area contributed by atoms with Gasteiger partial charge in [-0.15, -0.1) is 0 Å². The summed E-state index contributed by atoms with van der Waals surface area (Å²) in [6.45, 7) is 1.24. The van der Waals surface area contributed by atoms with Crippen molar-refractivity contribution in [2.75, 3.05) is 0 Å². The van der Waals surface area contributed by atoms with Crippen LogP contribution in [0.2, 0.25) is 0 Å². The molecular formula is C17H14F2N2O4S. The first-order chi connectivity index (χ1) is 12.2. The number of aromatic nitrogens is 1. The summed E-state index contributed by atoms with van der Waals surface area (Å²) >= 11 is 0. The second-order valence-corrected chi connectivity index (χ2v) is 7.19. The van der Waals surface area contributed by atoms with Gasteiger partial charge in [0.05, 0.1) is 5.56 Å². The molecule has 0 spiro atoms. The minimum Gasteiger partial charge on any atom is -0.388 e. The predicted octanol–water partition coefficient (Wildman–Crippen LogP) is 2.73. The number of sulfonamides is 1. The van der Waals surface area contributed by atoms with Crippen molar-refractivity contribution >= 4 is 10.0 Å². The van der Waals surface area contributed by atoms with Gasteiger partial charge in [-0.3, -0.25) is 0 Å². The number of halogens is 2. The molecular weight excluding hydrogens is 366 g/mol. The van der Waals surface area contributed by atoms with Crippen LogP contribution < -0.4 is 5.14 Å². The molecule has 1 heterocycles. The summed E-state index contributed by atoms with van der Waals surface area (Å²) in [6, 6.07) is 8.24. The maximum Gasteiger partial charge on any atom is 0.241 e. The Balaban J connectivity index is 2.28. The van der Waals surface area contributed by atoms with E-state index in [0.29, 0.717) is 17.7 Å². The highest BCUT2D eigenvalue weighted by atomic mass is 32.2. The maximum absolute atomic E-state index is 14.6. The number of hydrogen-bond donors (Lipinski definition) is 2. The number of aliphatic hydroxyl groups excluding tert-OH is 1. The van der Waals surface area contributed by atoms with Gasteiger partial charge in [0.15, 0.2) is 5.76 Å². The molecule has 136 valence electrons. The molecule has 0 aliphatic rings. The van der Waals surface area contributed by atoms with E-state index in [1.54, 1.807) is 18.2 Å². The molecule has 3 rings (SSSR count). The van der Waals surface area contributed by atoms with Crippen LogP contribution in [0.5, 0.6) is 0 Å². The minimum atomic E-state index is -4.43. The third-order valence-corrected chi connectivity index (χ3v) is 4.72. The molecule has 0 saturated heterocycles. The van der Waals surface area contributed by atoms with Crippen LogP contribution in [0.15, 0.2) is 45.8 Å². The monoisotopic (exact) mass is 380 g/mol. The predicted molar refractivity (Wildman–Crippen MR) is 89.3 cm³/mol. The lowest BCUT2D eigenvalue weighted by Crippen LogP contribution is -2.14. The molecule has 0 unspecified atom stereocenters. The molecule has 0 fully saturated rings. The van der Waals surface area contributed by atoms with E-state index in [2.05, 4.69) is 5.16 Å². The van der Waals surface area contributed by atoms with Crippen LogP contribution in [0.4, 0.5) is 8.78 Å². The van der Waals surface area contributed by atoms with Crippen molar-refractivity contribution in [2.45, 2.75) is 18.4 Å². The van der Waals surface area contributed by atoms with Crippen molar-refractivity contribution in [3.63, 3.8) is 0 Å². The molecule has 0 aliphatic carbocycles. The Morgan fingerprint density at radius 1 is 1.19 bits per heavy atom. The van der Waals surface area contributed by atoms with E-state index in [0.717, 1.165) is 5.56 Å². The van der Waals surface area contributed by atoms with Gasteiger partial charge in [0.2, 0.25) is 10.0 Å². The number of aliphatic hydroxyl groups is 1. The van der Waals surface area contributed by atoms with Crippen molar-refractivity contribution in [1.82, 2.24) is 5.16 Å². The van der Waals surface area contributed by atoms with E-state index in [1.165, 1.54) is 0 Å². The number of benzene rings is 2. The average Bonchev–Trinajstić information content (AvgIpc) is 2.99. The Morgan fingerprint density at radius 3 is 2.54 bits per heavy atom. The molecule has 26 heavy (non-hydrogen) atoms. The van der Waals surface area contributed by atoms with Gasteiger partial charge >= 0.3 is 0 Å². The summed E-state index contributed by atoms with van der Waals surface area (Å²) < 4.78 is 56.5. The molecule has 3 aromatic rings. The standard InChI is InChI=1S/C17H14F2N2O4S/c1-9-3-2-4-10(5-9)17-16(14(8-22)25-21-17)11-6-13(19)15(7-12(11)18)26(20,23)24/h2-7,22H,8H2,1H3,(H2,20,23,24). The third-order valence-electron chi connectivity index (χ3n) is 3.80. The van der Waals surface area contributed by atoms with Crippen molar-refractivity contribution in [3.05, 3.63) is 59.4 Å². The molecule has 3 N–H and O–H groups in total. The van der Waals surface area contributed by atoms with E-state index in [9.17, 15) is 22.3 Å². The van der Waals surface area contributed by atoms with Crippen molar-refractivity contribution in [2.24, 2.45) is 5.14 Å². The number of primary sulfonamides is 1. The minimum absolute atomic E-state index is 0.0375. The van der Waals surface area contributed by atoms with Crippen molar-refractivity contribution in [1.29, 1.82) is 0 Å². The zero-order chi connectivity index (χ0) is 19.1. The number of hydrogen-bond acceptors (Lipinski definition) is 5. The Morgan fingerprint density at radius 2 is 1.92 bits per heavy atom. The molecule has 0 atom stereocenters. The Hall–Kier alpha value is -2.62. The molecule has 2 aromatic carbocycles. The Kier molecular flexibility index (Phi) is 4.61. The zero-order valence-corrected chi connectivity index (χ0v) is 14.3. The largest absolute Gasteiger partial charge is 0.388 e. The number of aryl methyl sites for hydroxylation is 1. The molecule has 0 aliphatic heterocycles. The lowest BCUT2D eigenvalue weighted by Gasteiger charge is -2.08. The number of nitrogens with zero attached hydrogens (tertiary/aromatic N) is 1. The third kappa shape index (κ3) is 3.24. The van der Waals surface area contributed by atoms with Crippen molar-refractivity contribution < 1.29 is 26.8 Å². The summed E-state index contributed by atoms with van der Waals surface area (Å²) in [5, 5.41) is 18.2.